The standard InChI is InChI=1S/C21H23F3N6O/c1-12-15(13(2)29(3)27-12)11-25-20(31)17-10-19-26-16(14-7-5-4-6-8-14)9-18(21(22,23)24)30(19)28-17/h4-8,10,16,18,26H,9,11H2,1-3H3,(H,25,31). The molecular weight excluding hydrogens is 409 g/mol. The molecule has 1 aromatic carbocycles. The van der Waals surface area contributed by atoms with Gasteiger partial charge in [-0.1, -0.05) is 30.3 Å². The van der Waals surface area contributed by atoms with E-state index in [9.17, 15) is 18.0 Å². The van der Waals surface area contributed by atoms with Gasteiger partial charge in [-0.05, 0) is 19.4 Å². The maximum atomic E-state index is 13.8. The molecule has 0 saturated carbocycles. The highest BCUT2D eigenvalue weighted by atomic mass is 19.4. The number of halogens is 3. The van der Waals surface area contributed by atoms with Crippen molar-refractivity contribution in [3.05, 3.63) is 64.6 Å². The summed E-state index contributed by atoms with van der Waals surface area (Å²) in [4.78, 5) is 12.6. The maximum absolute atomic E-state index is 13.8. The molecule has 0 bridgehead atoms. The number of nitrogens with zero attached hydrogens (tertiary/aromatic N) is 4. The highest BCUT2D eigenvalue weighted by molar-refractivity contribution is 5.93. The minimum Gasteiger partial charge on any atom is -0.363 e. The Labute approximate surface area is 177 Å². The third kappa shape index (κ3) is 4.01. The van der Waals surface area contributed by atoms with Crippen LogP contribution in [0.25, 0.3) is 0 Å². The first kappa shape index (κ1) is 21.0. The average molecular weight is 432 g/mol. The zero-order valence-electron chi connectivity index (χ0n) is 17.4. The lowest BCUT2D eigenvalue weighted by Crippen LogP contribution is -2.35. The van der Waals surface area contributed by atoms with Crippen LogP contribution in [0.4, 0.5) is 19.0 Å². The van der Waals surface area contributed by atoms with Crippen LogP contribution < -0.4 is 10.6 Å². The topological polar surface area (TPSA) is 76.8 Å². The van der Waals surface area contributed by atoms with E-state index in [0.717, 1.165) is 27.2 Å². The SMILES string of the molecule is Cc1nn(C)c(C)c1CNC(=O)c1cc2n(n1)C(C(F)(F)F)CC(c1ccccc1)N2. The number of carbonyl (C=O) groups excluding carboxylic acids is 1. The molecule has 4 rings (SSSR count). The summed E-state index contributed by atoms with van der Waals surface area (Å²) < 4.78 is 43.9. The minimum atomic E-state index is -4.49. The molecule has 0 saturated heterocycles. The van der Waals surface area contributed by atoms with Crippen LogP contribution in [-0.4, -0.2) is 31.6 Å². The van der Waals surface area contributed by atoms with E-state index in [1.807, 2.05) is 27.0 Å². The molecule has 2 unspecified atom stereocenters. The molecule has 1 aliphatic heterocycles. The maximum Gasteiger partial charge on any atom is 0.410 e. The highest BCUT2D eigenvalue weighted by Crippen LogP contribution is 2.43. The van der Waals surface area contributed by atoms with Crippen molar-refractivity contribution in [2.24, 2.45) is 7.05 Å². The lowest BCUT2D eigenvalue weighted by Gasteiger charge is -2.33. The Morgan fingerprint density at radius 2 is 1.94 bits per heavy atom. The molecule has 1 amide bonds. The fraction of sp³-hybridized carbons (Fsp3) is 0.381. The molecule has 7 nitrogen and oxygen atoms in total. The van der Waals surface area contributed by atoms with E-state index in [1.54, 1.807) is 28.9 Å². The third-order valence-electron chi connectivity index (χ3n) is 5.71. The number of carbonyl (C=O) groups is 1. The van der Waals surface area contributed by atoms with Crippen molar-refractivity contribution in [3.8, 4) is 0 Å². The molecule has 2 aromatic heterocycles. The van der Waals surface area contributed by atoms with Gasteiger partial charge in [-0.25, -0.2) is 4.68 Å². The molecule has 0 radical (unpaired) electrons. The molecule has 2 atom stereocenters. The van der Waals surface area contributed by atoms with Crippen LogP contribution in [0.15, 0.2) is 36.4 Å². The van der Waals surface area contributed by atoms with Gasteiger partial charge in [0.1, 0.15) is 5.82 Å². The smallest absolute Gasteiger partial charge is 0.363 e. The van der Waals surface area contributed by atoms with Crippen LogP contribution in [0, 0.1) is 13.8 Å². The van der Waals surface area contributed by atoms with Crippen molar-refractivity contribution in [1.82, 2.24) is 24.9 Å². The largest absolute Gasteiger partial charge is 0.410 e. The summed E-state index contributed by atoms with van der Waals surface area (Å²) in [5, 5.41) is 14.1. The Bertz CT molecular complexity index is 1100. The summed E-state index contributed by atoms with van der Waals surface area (Å²) in [5.74, 6) is -0.371. The first-order valence-electron chi connectivity index (χ1n) is 9.90. The Kier molecular flexibility index (Phi) is 5.24. The number of hydrogen-bond donors (Lipinski definition) is 2. The van der Waals surface area contributed by atoms with E-state index in [1.165, 1.54) is 6.07 Å². The number of hydrogen-bond acceptors (Lipinski definition) is 4. The fourth-order valence-corrected chi connectivity index (χ4v) is 3.92. The number of rotatable bonds is 4. The summed E-state index contributed by atoms with van der Waals surface area (Å²) in [5.41, 5.74) is 3.25. The normalized spacial score (nSPS) is 18.4. The van der Waals surface area contributed by atoms with Gasteiger partial charge in [0, 0.05) is 37.3 Å². The third-order valence-corrected chi connectivity index (χ3v) is 5.71. The zero-order chi connectivity index (χ0) is 22.3. The van der Waals surface area contributed by atoms with E-state index < -0.39 is 24.2 Å². The number of aryl methyl sites for hydroxylation is 2. The number of aromatic nitrogens is 4. The number of anilines is 1. The summed E-state index contributed by atoms with van der Waals surface area (Å²) in [6.07, 6.45) is -4.70. The summed E-state index contributed by atoms with van der Waals surface area (Å²) >= 11 is 0. The summed E-state index contributed by atoms with van der Waals surface area (Å²) in [6, 6.07) is 7.96. The van der Waals surface area contributed by atoms with Crippen LogP contribution in [-0.2, 0) is 13.6 Å². The van der Waals surface area contributed by atoms with Gasteiger partial charge in [0.2, 0.25) is 0 Å². The van der Waals surface area contributed by atoms with Gasteiger partial charge in [0.25, 0.3) is 5.91 Å². The Morgan fingerprint density at radius 1 is 1.23 bits per heavy atom. The number of fused-ring (bicyclic) bond motifs is 1. The quantitative estimate of drug-likeness (QED) is 0.657. The second-order valence-electron chi connectivity index (χ2n) is 7.72. The molecule has 0 fully saturated rings. The van der Waals surface area contributed by atoms with Crippen molar-refractivity contribution < 1.29 is 18.0 Å². The highest BCUT2D eigenvalue weighted by Gasteiger charge is 2.46. The van der Waals surface area contributed by atoms with Crippen molar-refractivity contribution in [2.45, 2.75) is 45.1 Å². The van der Waals surface area contributed by atoms with Crippen molar-refractivity contribution in [3.63, 3.8) is 0 Å². The molecule has 0 aliphatic carbocycles. The van der Waals surface area contributed by atoms with Gasteiger partial charge < -0.3 is 10.6 Å². The van der Waals surface area contributed by atoms with Crippen LogP contribution in [0.2, 0.25) is 0 Å². The molecule has 0 spiro atoms. The van der Waals surface area contributed by atoms with Crippen LogP contribution in [0.1, 0.15) is 51.5 Å². The van der Waals surface area contributed by atoms with Crippen LogP contribution in [0.3, 0.4) is 0 Å². The van der Waals surface area contributed by atoms with E-state index in [4.69, 9.17) is 0 Å². The summed E-state index contributed by atoms with van der Waals surface area (Å²) in [6.45, 7) is 3.94. The zero-order valence-corrected chi connectivity index (χ0v) is 17.4. The van der Waals surface area contributed by atoms with E-state index in [-0.39, 0.29) is 24.5 Å². The Hall–Kier alpha value is -3.30. The second kappa shape index (κ2) is 7.75. The number of benzene rings is 1. The fourth-order valence-electron chi connectivity index (χ4n) is 3.92. The van der Waals surface area contributed by atoms with Gasteiger partial charge in [0.05, 0.1) is 11.7 Å². The molecule has 3 heterocycles. The Balaban J connectivity index is 1.58. The number of alkyl halides is 3. The lowest BCUT2D eigenvalue weighted by atomic mass is 9.97. The van der Waals surface area contributed by atoms with Gasteiger partial charge in [-0.3, -0.25) is 9.48 Å². The Morgan fingerprint density at radius 3 is 2.55 bits per heavy atom. The number of amides is 1. The summed E-state index contributed by atoms with van der Waals surface area (Å²) in [7, 11) is 1.81. The van der Waals surface area contributed by atoms with E-state index in [0.29, 0.717) is 0 Å². The van der Waals surface area contributed by atoms with Gasteiger partial charge in [-0.2, -0.15) is 23.4 Å². The van der Waals surface area contributed by atoms with Gasteiger partial charge in [0.15, 0.2) is 11.7 Å². The monoisotopic (exact) mass is 432 g/mol. The van der Waals surface area contributed by atoms with Crippen molar-refractivity contribution >= 4 is 11.7 Å². The van der Waals surface area contributed by atoms with Crippen molar-refractivity contribution in [2.75, 3.05) is 5.32 Å². The lowest BCUT2D eigenvalue weighted by molar-refractivity contribution is -0.173. The molecule has 10 heteroatoms. The van der Waals surface area contributed by atoms with E-state index >= 15 is 0 Å². The number of nitrogens with one attached hydrogen (secondary N) is 2. The van der Waals surface area contributed by atoms with Gasteiger partial charge >= 0.3 is 6.18 Å². The predicted octanol–water partition coefficient (Wildman–Crippen LogP) is 3.82. The van der Waals surface area contributed by atoms with Gasteiger partial charge in [-0.15, -0.1) is 0 Å². The van der Waals surface area contributed by atoms with Crippen LogP contribution in [0.5, 0.6) is 0 Å². The molecule has 1 aliphatic rings. The first-order valence-corrected chi connectivity index (χ1v) is 9.90. The molecule has 31 heavy (non-hydrogen) atoms. The predicted molar refractivity (Wildman–Crippen MR) is 109 cm³/mol. The molecule has 3 aromatic rings. The molecular formula is C21H23F3N6O. The first-order chi connectivity index (χ1) is 14.6. The van der Waals surface area contributed by atoms with Crippen LogP contribution >= 0.6 is 0 Å². The minimum absolute atomic E-state index is 0.0651. The average Bonchev–Trinajstić information content (AvgIpc) is 3.26. The molecule has 164 valence electrons. The second-order valence-corrected chi connectivity index (χ2v) is 7.72. The van der Waals surface area contributed by atoms with Crippen molar-refractivity contribution in [1.29, 1.82) is 0 Å². The van der Waals surface area contributed by atoms with E-state index in [2.05, 4.69) is 20.8 Å². The molecule has 2 N–H and O–H groups in total.